The molecule has 23 heavy (non-hydrogen) atoms. The third kappa shape index (κ3) is 3.61. The van der Waals surface area contributed by atoms with E-state index in [1.54, 1.807) is 23.4 Å². The van der Waals surface area contributed by atoms with E-state index in [9.17, 15) is 9.18 Å². The van der Waals surface area contributed by atoms with Crippen molar-refractivity contribution in [3.8, 4) is 0 Å². The largest absolute Gasteiger partial charge is 0.304 e. The summed E-state index contributed by atoms with van der Waals surface area (Å²) in [7, 11) is 0. The first-order valence-electron chi connectivity index (χ1n) is 7.25. The van der Waals surface area contributed by atoms with E-state index in [-0.39, 0.29) is 5.91 Å². The number of benzene rings is 2. The minimum absolute atomic E-state index is 0.250. The summed E-state index contributed by atoms with van der Waals surface area (Å²) in [5, 5.41) is 0. The molecule has 0 saturated carbocycles. The van der Waals surface area contributed by atoms with Gasteiger partial charge in [-0.2, -0.15) is 0 Å². The van der Waals surface area contributed by atoms with Crippen molar-refractivity contribution in [2.45, 2.75) is 6.54 Å². The standard InChI is InChI=1S/C19H15FN2O/c20-17-8-4-7-16(12-17)19(23)22(18-9-2-1-3-10-18)14-15-6-5-11-21-13-15/h1-13H,14H2. The molecule has 0 radical (unpaired) electrons. The number of nitrogens with zero attached hydrogens (tertiary/aromatic N) is 2. The van der Waals surface area contributed by atoms with Gasteiger partial charge in [0, 0.05) is 23.6 Å². The van der Waals surface area contributed by atoms with Crippen molar-refractivity contribution >= 4 is 11.6 Å². The van der Waals surface area contributed by atoms with E-state index < -0.39 is 5.82 Å². The average Bonchev–Trinajstić information content (AvgIpc) is 2.61. The molecule has 114 valence electrons. The SMILES string of the molecule is O=C(c1cccc(F)c1)N(Cc1cccnc1)c1ccccc1. The van der Waals surface area contributed by atoms with Gasteiger partial charge in [0.1, 0.15) is 5.82 Å². The Bertz CT molecular complexity index is 791. The fraction of sp³-hybridized carbons (Fsp3) is 0.0526. The molecule has 0 N–H and O–H groups in total. The molecule has 0 unspecified atom stereocenters. The molecular weight excluding hydrogens is 291 g/mol. The van der Waals surface area contributed by atoms with E-state index in [1.165, 1.54) is 18.2 Å². The lowest BCUT2D eigenvalue weighted by molar-refractivity contribution is 0.0984. The van der Waals surface area contributed by atoms with Gasteiger partial charge < -0.3 is 4.90 Å². The summed E-state index contributed by atoms with van der Waals surface area (Å²) in [5.41, 5.74) is 1.98. The van der Waals surface area contributed by atoms with E-state index in [2.05, 4.69) is 4.98 Å². The number of carbonyl (C=O) groups excluding carboxylic acids is 1. The van der Waals surface area contributed by atoms with Gasteiger partial charge in [-0.15, -0.1) is 0 Å². The molecule has 1 heterocycles. The number of hydrogen-bond donors (Lipinski definition) is 0. The number of anilines is 1. The molecule has 1 amide bonds. The Labute approximate surface area is 134 Å². The van der Waals surface area contributed by atoms with Crippen LogP contribution in [-0.2, 0) is 6.54 Å². The molecule has 0 bridgehead atoms. The lowest BCUT2D eigenvalue weighted by atomic mass is 10.1. The molecule has 3 nitrogen and oxygen atoms in total. The highest BCUT2D eigenvalue weighted by atomic mass is 19.1. The van der Waals surface area contributed by atoms with Crippen LogP contribution in [0.4, 0.5) is 10.1 Å². The predicted molar refractivity (Wildman–Crippen MR) is 87.6 cm³/mol. The molecule has 0 atom stereocenters. The molecule has 0 fully saturated rings. The molecular formula is C19H15FN2O. The third-order valence-electron chi connectivity index (χ3n) is 3.45. The van der Waals surface area contributed by atoms with Crippen LogP contribution >= 0.6 is 0 Å². The van der Waals surface area contributed by atoms with Crippen LogP contribution < -0.4 is 4.90 Å². The van der Waals surface area contributed by atoms with Gasteiger partial charge in [0.15, 0.2) is 0 Å². The van der Waals surface area contributed by atoms with Gasteiger partial charge in [-0.3, -0.25) is 9.78 Å². The maximum Gasteiger partial charge on any atom is 0.258 e. The molecule has 0 spiro atoms. The number of amides is 1. The summed E-state index contributed by atoms with van der Waals surface area (Å²) in [4.78, 5) is 18.5. The molecule has 0 aliphatic rings. The molecule has 4 heteroatoms. The second-order valence-electron chi connectivity index (χ2n) is 5.10. The van der Waals surface area contributed by atoms with Crippen molar-refractivity contribution in [3.63, 3.8) is 0 Å². The monoisotopic (exact) mass is 306 g/mol. The van der Waals surface area contributed by atoms with Gasteiger partial charge in [0.25, 0.3) is 5.91 Å². The minimum Gasteiger partial charge on any atom is -0.304 e. The van der Waals surface area contributed by atoms with Gasteiger partial charge in [-0.05, 0) is 42.0 Å². The van der Waals surface area contributed by atoms with Crippen molar-refractivity contribution in [1.29, 1.82) is 0 Å². The quantitative estimate of drug-likeness (QED) is 0.728. The Morgan fingerprint density at radius 2 is 1.83 bits per heavy atom. The van der Waals surface area contributed by atoms with Crippen molar-refractivity contribution in [2.24, 2.45) is 0 Å². The lowest BCUT2D eigenvalue weighted by Gasteiger charge is -2.23. The van der Waals surface area contributed by atoms with Gasteiger partial charge in [-0.1, -0.05) is 30.3 Å². The molecule has 0 saturated heterocycles. The van der Waals surface area contributed by atoms with Crippen LogP contribution in [0, 0.1) is 5.82 Å². The van der Waals surface area contributed by atoms with E-state index in [4.69, 9.17) is 0 Å². The van der Waals surface area contributed by atoms with Gasteiger partial charge in [0.2, 0.25) is 0 Å². The van der Waals surface area contributed by atoms with Crippen LogP contribution in [0.5, 0.6) is 0 Å². The predicted octanol–water partition coefficient (Wildman–Crippen LogP) is 4.07. The van der Waals surface area contributed by atoms with Gasteiger partial charge in [-0.25, -0.2) is 4.39 Å². The number of halogens is 1. The highest BCUT2D eigenvalue weighted by molar-refractivity contribution is 6.06. The molecule has 3 rings (SSSR count). The molecule has 0 aliphatic carbocycles. The smallest absolute Gasteiger partial charge is 0.258 e. The number of rotatable bonds is 4. The highest BCUT2D eigenvalue weighted by Crippen LogP contribution is 2.20. The fourth-order valence-electron chi connectivity index (χ4n) is 2.34. The summed E-state index contributed by atoms with van der Waals surface area (Å²) in [6, 6.07) is 18.8. The lowest BCUT2D eigenvalue weighted by Crippen LogP contribution is -2.30. The number of aromatic nitrogens is 1. The van der Waals surface area contributed by atoms with Crippen molar-refractivity contribution < 1.29 is 9.18 Å². The van der Waals surface area contributed by atoms with Crippen LogP contribution in [0.2, 0.25) is 0 Å². The highest BCUT2D eigenvalue weighted by Gasteiger charge is 2.18. The zero-order valence-corrected chi connectivity index (χ0v) is 12.4. The topological polar surface area (TPSA) is 33.2 Å². The van der Waals surface area contributed by atoms with Crippen molar-refractivity contribution in [3.05, 3.63) is 96.1 Å². The van der Waals surface area contributed by atoms with E-state index in [0.29, 0.717) is 12.1 Å². The Morgan fingerprint density at radius 1 is 1.00 bits per heavy atom. The normalized spacial score (nSPS) is 10.3. The van der Waals surface area contributed by atoms with Gasteiger partial charge >= 0.3 is 0 Å². The van der Waals surface area contributed by atoms with Crippen molar-refractivity contribution in [2.75, 3.05) is 4.90 Å². The number of carbonyl (C=O) groups is 1. The maximum absolute atomic E-state index is 13.4. The molecule has 1 aromatic heterocycles. The van der Waals surface area contributed by atoms with Crippen molar-refractivity contribution in [1.82, 2.24) is 4.98 Å². The summed E-state index contributed by atoms with van der Waals surface area (Å²) >= 11 is 0. The Morgan fingerprint density at radius 3 is 2.52 bits per heavy atom. The van der Waals surface area contributed by atoms with E-state index in [0.717, 1.165) is 11.3 Å². The van der Waals surface area contributed by atoms with E-state index >= 15 is 0 Å². The Hall–Kier alpha value is -3.01. The maximum atomic E-state index is 13.4. The van der Waals surface area contributed by atoms with Crippen LogP contribution in [0.1, 0.15) is 15.9 Å². The second-order valence-corrected chi connectivity index (χ2v) is 5.10. The Kier molecular flexibility index (Phi) is 4.43. The first-order chi connectivity index (χ1) is 11.2. The zero-order valence-electron chi connectivity index (χ0n) is 12.4. The first-order valence-corrected chi connectivity index (χ1v) is 7.25. The number of pyridine rings is 1. The third-order valence-corrected chi connectivity index (χ3v) is 3.45. The summed E-state index contributed by atoms with van der Waals surface area (Å²) in [6.45, 7) is 0.368. The van der Waals surface area contributed by atoms with Crippen LogP contribution in [0.3, 0.4) is 0 Å². The zero-order chi connectivity index (χ0) is 16.1. The molecule has 3 aromatic rings. The number of para-hydroxylation sites is 1. The van der Waals surface area contributed by atoms with Crippen LogP contribution in [0.25, 0.3) is 0 Å². The fourth-order valence-corrected chi connectivity index (χ4v) is 2.34. The van der Waals surface area contributed by atoms with E-state index in [1.807, 2.05) is 42.5 Å². The first kappa shape index (κ1) is 14.9. The van der Waals surface area contributed by atoms with Crippen LogP contribution in [-0.4, -0.2) is 10.9 Å². The second kappa shape index (κ2) is 6.83. The molecule has 0 aliphatic heterocycles. The number of hydrogen-bond acceptors (Lipinski definition) is 2. The molecule has 2 aromatic carbocycles. The summed E-state index contributed by atoms with van der Waals surface area (Å²) in [5.74, 6) is -0.676. The van der Waals surface area contributed by atoms with Gasteiger partial charge in [0.05, 0.1) is 6.54 Å². The Balaban J connectivity index is 1.96. The van der Waals surface area contributed by atoms with Crippen LogP contribution in [0.15, 0.2) is 79.1 Å². The average molecular weight is 306 g/mol. The summed E-state index contributed by atoms with van der Waals surface area (Å²) < 4.78 is 13.4. The minimum atomic E-state index is -0.426. The summed E-state index contributed by atoms with van der Waals surface area (Å²) in [6.07, 6.45) is 3.40.